The average molecular weight is 542 g/mol. The number of methoxy groups -OCH3 is 1. The molecule has 4 aromatic rings. The van der Waals surface area contributed by atoms with E-state index in [0.29, 0.717) is 30.5 Å². The van der Waals surface area contributed by atoms with Gasteiger partial charge in [-0.1, -0.05) is 47.6 Å². The molecule has 9 nitrogen and oxygen atoms in total. The smallest absolute Gasteiger partial charge is 0.163 e. The van der Waals surface area contributed by atoms with E-state index in [1.165, 1.54) is 0 Å². The van der Waals surface area contributed by atoms with Crippen molar-refractivity contribution in [3.8, 4) is 11.5 Å². The highest BCUT2D eigenvalue weighted by Crippen LogP contribution is 2.34. The Bertz CT molecular complexity index is 1410. The molecule has 40 heavy (non-hydrogen) atoms. The molecule has 0 radical (unpaired) electrons. The Balaban J connectivity index is 1.22. The van der Waals surface area contributed by atoms with Crippen molar-refractivity contribution in [1.82, 2.24) is 14.9 Å². The molecule has 1 aromatic heterocycles. The number of rotatable bonds is 12. The zero-order valence-electron chi connectivity index (χ0n) is 23.0. The number of nitrogens with zero attached hydrogens (tertiary/aromatic N) is 4. The number of hydrogen-bond acceptors (Lipinski definition) is 9. The molecule has 1 saturated heterocycles. The summed E-state index contributed by atoms with van der Waals surface area (Å²) < 4.78 is 17.2. The highest BCUT2D eigenvalue weighted by atomic mass is 16.6. The van der Waals surface area contributed by atoms with Gasteiger partial charge in [0.15, 0.2) is 11.5 Å². The lowest BCUT2D eigenvalue weighted by atomic mass is 10.1. The van der Waals surface area contributed by atoms with E-state index in [0.717, 1.165) is 72.7 Å². The van der Waals surface area contributed by atoms with E-state index in [-0.39, 0.29) is 0 Å². The monoisotopic (exact) mass is 541 g/mol. The molecule has 2 heterocycles. The predicted octanol–water partition coefficient (Wildman–Crippen LogP) is 5.42. The molecule has 1 aliphatic rings. The van der Waals surface area contributed by atoms with Crippen molar-refractivity contribution in [2.24, 2.45) is 5.16 Å². The maximum absolute atomic E-state index is 6.09. The van der Waals surface area contributed by atoms with Gasteiger partial charge < -0.3 is 24.4 Å². The number of hydrogen-bond donors (Lipinski definition) is 1. The summed E-state index contributed by atoms with van der Waals surface area (Å²) in [6.07, 6.45) is 2.48. The van der Waals surface area contributed by atoms with Crippen LogP contribution < -0.4 is 14.8 Å². The molecule has 0 spiro atoms. The first-order valence-electron chi connectivity index (χ1n) is 13.5. The summed E-state index contributed by atoms with van der Waals surface area (Å²) in [7, 11) is 1.64. The summed E-state index contributed by atoms with van der Waals surface area (Å²) in [5.74, 6) is 2.01. The summed E-state index contributed by atoms with van der Waals surface area (Å²) in [6.45, 7) is 7.51. The molecule has 5 rings (SSSR count). The SMILES string of the molecule is COc1cc2c(Nc3ccc(/C(C)=N\OCc4ccccc4)cc3)ncnc2cc1OCCCN1CCOCC1. The summed E-state index contributed by atoms with van der Waals surface area (Å²) >= 11 is 0. The van der Waals surface area contributed by atoms with Gasteiger partial charge in [-0.05, 0) is 42.7 Å². The van der Waals surface area contributed by atoms with Gasteiger partial charge in [-0.2, -0.15) is 0 Å². The van der Waals surface area contributed by atoms with Gasteiger partial charge >= 0.3 is 0 Å². The number of ether oxygens (including phenoxy) is 3. The molecule has 0 unspecified atom stereocenters. The van der Waals surface area contributed by atoms with Gasteiger partial charge in [0.2, 0.25) is 0 Å². The van der Waals surface area contributed by atoms with Crippen LogP contribution in [0.2, 0.25) is 0 Å². The fourth-order valence-corrected chi connectivity index (χ4v) is 4.49. The van der Waals surface area contributed by atoms with E-state index >= 15 is 0 Å². The maximum atomic E-state index is 6.09. The van der Waals surface area contributed by atoms with Crippen molar-refractivity contribution in [1.29, 1.82) is 0 Å². The van der Waals surface area contributed by atoms with Crippen LogP contribution in [-0.2, 0) is 16.2 Å². The first kappa shape index (κ1) is 27.4. The van der Waals surface area contributed by atoms with Gasteiger partial charge in [-0.25, -0.2) is 9.97 Å². The summed E-state index contributed by atoms with van der Waals surface area (Å²) in [6, 6.07) is 21.8. The van der Waals surface area contributed by atoms with Gasteiger partial charge in [0.25, 0.3) is 0 Å². The maximum Gasteiger partial charge on any atom is 0.163 e. The minimum atomic E-state index is 0.434. The van der Waals surface area contributed by atoms with Crippen LogP contribution in [0.5, 0.6) is 11.5 Å². The fraction of sp³-hybridized carbons (Fsp3) is 0.323. The molecule has 1 fully saturated rings. The minimum Gasteiger partial charge on any atom is -0.493 e. The molecule has 0 amide bonds. The van der Waals surface area contributed by atoms with Crippen LogP contribution in [-0.4, -0.2) is 67.1 Å². The summed E-state index contributed by atoms with van der Waals surface area (Å²) in [5.41, 5.74) is 4.52. The molecule has 9 heteroatoms. The van der Waals surface area contributed by atoms with Crippen molar-refractivity contribution in [3.05, 3.63) is 84.2 Å². The van der Waals surface area contributed by atoms with Crippen LogP contribution in [0.4, 0.5) is 11.5 Å². The zero-order chi connectivity index (χ0) is 27.6. The normalized spacial score (nSPS) is 14.2. The van der Waals surface area contributed by atoms with E-state index in [4.69, 9.17) is 19.0 Å². The largest absolute Gasteiger partial charge is 0.493 e. The molecule has 208 valence electrons. The predicted molar refractivity (Wildman–Crippen MR) is 157 cm³/mol. The van der Waals surface area contributed by atoms with Gasteiger partial charge in [0.1, 0.15) is 18.8 Å². The number of benzene rings is 3. The molecule has 1 N–H and O–H groups in total. The van der Waals surface area contributed by atoms with Crippen molar-refractivity contribution in [2.75, 3.05) is 51.9 Å². The van der Waals surface area contributed by atoms with Gasteiger partial charge in [0, 0.05) is 36.8 Å². The van der Waals surface area contributed by atoms with E-state index in [9.17, 15) is 0 Å². The molecule has 0 saturated carbocycles. The Labute approximate surface area is 234 Å². The van der Waals surface area contributed by atoms with Crippen LogP contribution in [0.25, 0.3) is 10.9 Å². The van der Waals surface area contributed by atoms with Crippen LogP contribution in [0.1, 0.15) is 24.5 Å². The Morgan fingerprint density at radius 1 is 1.00 bits per heavy atom. The number of morpholine rings is 1. The Morgan fingerprint density at radius 3 is 2.58 bits per heavy atom. The molecular weight excluding hydrogens is 506 g/mol. The number of oxime groups is 1. The third kappa shape index (κ3) is 7.25. The van der Waals surface area contributed by atoms with Crippen LogP contribution in [0.3, 0.4) is 0 Å². The molecule has 3 aromatic carbocycles. The Kier molecular flexibility index (Phi) is 9.39. The molecule has 0 aliphatic carbocycles. The minimum absolute atomic E-state index is 0.434. The molecule has 1 aliphatic heterocycles. The summed E-state index contributed by atoms with van der Waals surface area (Å²) in [4.78, 5) is 16.9. The average Bonchev–Trinajstić information content (AvgIpc) is 3.00. The molecular formula is C31H35N5O4. The quantitative estimate of drug-likeness (QED) is 0.144. The lowest BCUT2D eigenvalue weighted by Crippen LogP contribution is -2.37. The lowest BCUT2D eigenvalue weighted by molar-refractivity contribution is 0.0357. The Morgan fingerprint density at radius 2 is 1.80 bits per heavy atom. The highest BCUT2D eigenvalue weighted by Gasteiger charge is 2.13. The Hall–Kier alpha value is -4.21. The number of aromatic nitrogens is 2. The van der Waals surface area contributed by atoms with E-state index in [2.05, 4.69) is 25.3 Å². The van der Waals surface area contributed by atoms with Gasteiger partial charge in [-0.3, -0.25) is 4.90 Å². The highest BCUT2D eigenvalue weighted by molar-refractivity contribution is 5.99. The van der Waals surface area contributed by atoms with Crippen molar-refractivity contribution in [2.45, 2.75) is 20.0 Å². The van der Waals surface area contributed by atoms with E-state index in [1.54, 1.807) is 13.4 Å². The number of nitrogens with one attached hydrogen (secondary N) is 1. The topological polar surface area (TPSA) is 90.3 Å². The second kappa shape index (κ2) is 13.7. The van der Waals surface area contributed by atoms with Crippen LogP contribution in [0.15, 0.2) is 78.2 Å². The second-order valence-electron chi connectivity index (χ2n) is 9.54. The standard InChI is InChI=1S/C31H35N5O4/c1-23(35-40-21-24-7-4-3-5-8-24)25-9-11-26(12-10-25)34-31-27-19-29(37-2)30(20-28(27)32-22-33-31)39-16-6-13-36-14-17-38-18-15-36/h3-5,7-12,19-20,22H,6,13-18,21H2,1-2H3,(H,32,33,34)/b35-23-. The van der Waals surface area contributed by atoms with Crippen molar-refractivity contribution in [3.63, 3.8) is 0 Å². The van der Waals surface area contributed by atoms with Crippen LogP contribution in [0, 0.1) is 0 Å². The van der Waals surface area contributed by atoms with Gasteiger partial charge in [-0.15, -0.1) is 0 Å². The first-order chi connectivity index (χ1) is 19.7. The summed E-state index contributed by atoms with van der Waals surface area (Å²) in [5, 5.41) is 8.51. The third-order valence-corrected chi connectivity index (χ3v) is 6.74. The van der Waals surface area contributed by atoms with Crippen molar-refractivity contribution >= 4 is 28.1 Å². The number of anilines is 2. The van der Waals surface area contributed by atoms with E-state index < -0.39 is 0 Å². The zero-order valence-corrected chi connectivity index (χ0v) is 23.0. The lowest BCUT2D eigenvalue weighted by Gasteiger charge is -2.26. The molecule has 0 atom stereocenters. The third-order valence-electron chi connectivity index (χ3n) is 6.74. The van der Waals surface area contributed by atoms with Crippen LogP contribution >= 0.6 is 0 Å². The second-order valence-corrected chi connectivity index (χ2v) is 9.54. The van der Waals surface area contributed by atoms with E-state index in [1.807, 2.05) is 73.7 Å². The van der Waals surface area contributed by atoms with Crippen molar-refractivity contribution < 1.29 is 19.0 Å². The fourth-order valence-electron chi connectivity index (χ4n) is 4.49. The number of fused-ring (bicyclic) bond motifs is 1. The van der Waals surface area contributed by atoms with Gasteiger partial charge in [0.05, 0.1) is 38.2 Å². The first-order valence-corrected chi connectivity index (χ1v) is 13.5. The molecule has 0 bridgehead atoms.